The molecular formula is C17H14O5. The zero-order valence-electron chi connectivity index (χ0n) is 11.9. The lowest BCUT2D eigenvalue weighted by Gasteiger charge is -2.04. The number of phenols is 1. The number of esters is 2. The van der Waals surface area contributed by atoms with E-state index < -0.39 is 11.9 Å². The van der Waals surface area contributed by atoms with E-state index in [2.05, 4.69) is 4.74 Å². The third-order valence-electron chi connectivity index (χ3n) is 2.81. The first-order valence-electron chi connectivity index (χ1n) is 6.46. The summed E-state index contributed by atoms with van der Waals surface area (Å²) in [4.78, 5) is 22.9. The normalized spacial score (nSPS) is 10.4. The Labute approximate surface area is 127 Å². The van der Waals surface area contributed by atoms with E-state index in [-0.39, 0.29) is 5.75 Å². The predicted octanol–water partition coefficient (Wildman–Crippen LogP) is 2.80. The zero-order chi connectivity index (χ0) is 15.9. The highest BCUT2D eigenvalue weighted by Crippen LogP contribution is 2.17. The molecule has 2 rings (SSSR count). The van der Waals surface area contributed by atoms with Gasteiger partial charge >= 0.3 is 11.9 Å². The van der Waals surface area contributed by atoms with Gasteiger partial charge in [-0.05, 0) is 48.0 Å². The van der Waals surface area contributed by atoms with Crippen LogP contribution in [0.2, 0.25) is 0 Å². The van der Waals surface area contributed by atoms with E-state index in [0.29, 0.717) is 11.3 Å². The fourth-order valence-electron chi connectivity index (χ4n) is 1.64. The Kier molecular flexibility index (Phi) is 4.93. The molecule has 2 aromatic rings. The summed E-state index contributed by atoms with van der Waals surface area (Å²) < 4.78 is 9.66. The third kappa shape index (κ3) is 4.21. The number of benzene rings is 2. The maximum Gasteiger partial charge on any atom is 0.343 e. The summed E-state index contributed by atoms with van der Waals surface area (Å²) in [6.45, 7) is 0. The van der Waals surface area contributed by atoms with Crippen molar-refractivity contribution in [3.05, 3.63) is 65.7 Å². The Bertz CT molecular complexity index is 684. The molecule has 2 aromatic carbocycles. The van der Waals surface area contributed by atoms with Gasteiger partial charge in [0.1, 0.15) is 11.5 Å². The van der Waals surface area contributed by atoms with Crippen molar-refractivity contribution in [3.8, 4) is 11.5 Å². The van der Waals surface area contributed by atoms with Crippen molar-refractivity contribution in [2.24, 2.45) is 0 Å². The van der Waals surface area contributed by atoms with Crippen molar-refractivity contribution in [1.82, 2.24) is 0 Å². The highest BCUT2D eigenvalue weighted by Gasteiger charge is 2.08. The predicted molar refractivity (Wildman–Crippen MR) is 80.6 cm³/mol. The number of methoxy groups -OCH3 is 1. The molecule has 0 aliphatic rings. The highest BCUT2D eigenvalue weighted by atomic mass is 16.5. The van der Waals surface area contributed by atoms with Crippen LogP contribution >= 0.6 is 0 Å². The second kappa shape index (κ2) is 7.08. The zero-order valence-corrected chi connectivity index (χ0v) is 11.9. The summed E-state index contributed by atoms with van der Waals surface area (Å²) in [5.74, 6) is -0.510. The Hall–Kier alpha value is -3.08. The van der Waals surface area contributed by atoms with Crippen molar-refractivity contribution in [2.75, 3.05) is 7.11 Å². The summed E-state index contributed by atoms with van der Waals surface area (Å²) in [5.41, 5.74) is 1.13. The molecule has 0 heterocycles. The van der Waals surface area contributed by atoms with E-state index in [1.807, 2.05) is 0 Å². The molecule has 0 aliphatic carbocycles. The topological polar surface area (TPSA) is 72.8 Å². The summed E-state index contributed by atoms with van der Waals surface area (Å²) in [6.07, 6.45) is 2.88. The number of phenolic OH excluding ortho intramolecular Hbond substituents is 1. The molecule has 0 radical (unpaired) electrons. The standard InChI is InChI=1S/C17H14O5/c1-21-16(19)11-4-12-2-5-13(6-3-12)17(20)22-15-9-7-14(18)8-10-15/h2-11,18H,1H3/b11-4+. The number of hydrogen-bond acceptors (Lipinski definition) is 5. The first-order chi connectivity index (χ1) is 10.6. The molecule has 0 saturated heterocycles. The Balaban J connectivity index is 2.03. The van der Waals surface area contributed by atoms with E-state index >= 15 is 0 Å². The average molecular weight is 298 g/mol. The van der Waals surface area contributed by atoms with E-state index in [1.54, 1.807) is 30.3 Å². The second-order valence-corrected chi connectivity index (χ2v) is 4.36. The first kappa shape index (κ1) is 15.3. The number of hydrogen-bond donors (Lipinski definition) is 1. The van der Waals surface area contributed by atoms with Crippen LogP contribution in [0.5, 0.6) is 11.5 Å². The smallest absolute Gasteiger partial charge is 0.343 e. The van der Waals surface area contributed by atoms with Crippen molar-refractivity contribution in [1.29, 1.82) is 0 Å². The van der Waals surface area contributed by atoms with Crippen LogP contribution in [0.3, 0.4) is 0 Å². The lowest BCUT2D eigenvalue weighted by molar-refractivity contribution is -0.134. The van der Waals surface area contributed by atoms with Crippen molar-refractivity contribution in [3.63, 3.8) is 0 Å². The summed E-state index contributed by atoms with van der Waals surface area (Å²) >= 11 is 0. The third-order valence-corrected chi connectivity index (χ3v) is 2.81. The molecule has 0 bridgehead atoms. The number of carbonyl (C=O) groups excluding carboxylic acids is 2. The number of ether oxygens (including phenoxy) is 2. The van der Waals surface area contributed by atoms with Crippen molar-refractivity contribution >= 4 is 18.0 Å². The fourth-order valence-corrected chi connectivity index (χ4v) is 1.64. The summed E-state index contributed by atoms with van der Waals surface area (Å²) in [7, 11) is 1.30. The van der Waals surface area contributed by atoms with Crippen LogP contribution < -0.4 is 4.74 Å². The van der Waals surface area contributed by atoms with Gasteiger partial charge in [0.05, 0.1) is 12.7 Å². The Morgan fingerprint density at radius 1 is 1.00 bits per heavy atom. The van der Waals surface area contributed by atoms with Gasteiger partial charge in [-0.1, -0.05) is 12.1 Å². The molecule has 5 nitrogen and oxygen atoms in total. The maximum absolute atomic E-state index is 11.9. The van der Waals surface area contributed by atoms with Gasteiger partial charge in [0.15, 0.2) is 0 Å². The molecule has 0 fully saturated rings. The minimum Gasteiger partial charge on any atom is -0.508 e. The summed E-state index contributed by atoms with van der Waals surface area (Å²) in [6, 6.07) is 12.4. The molecule has 0 spiro atoms. The molecule has 0 amide bonds. The lowest BCUT2D eigenvalue weighted by atomic mass is 10.1. The van der Waals surface area contributed by atoms with Crippen LogP contribution in [0.4, 0.5) is 0 Å². The molecule has 5 heteroatoms. The summed E-state index contributed by atoms with van der Waals surface area (Å²) in [5, 5.41) is 9.17. The van der Waals surface area contributed by atoms with E-state index in [9.17, 15) is 9.59 Å². The molecule has 112 valence electrons. The highest BCUT2D eigenvalue weighted by molar-refractivity contribution is 5.91. The molecule has 22 heavy (non-hydrogen) atoms. The lowest BCUT2D eigenvalue weighted by Crippen LogP contribution is -2.08. The van der Waals surface area contributed by atoms with E-state index in [4.69, 9.17) is 9.84 Å². The molecule has 0 saturated carbocycles. The minimum absolute atomic E-state index is 0.0987. The number of rotatable bonds is 4. The molecule has 0 aliphatic heterocycles. The monoisotopic (exact) mass is 298 g/mol. The average Bonchev–Trinajstić information content (AvgIpc) is 2.55. The quantitative estimate of drug-likeness (QED) is 0.534. The van der Waals surface area contributed by atoms with Gasteiger partial charge in [-0.15, -0.1) is 0 Å². The van der Waals surface area contributed by atoms with Crippen LogP contribution in [0.1, 0.15) is 15.9 Å². The first-order valence-corrected chi connectivity index (χ1v) is 6.46. The van der Waals surface area contributed by atoms with Crippen LogP contribution in [-0.2, 0) is 9.53 Å². The van der Waals surface area contributed by atoms with Crippen molar-refractivity contribution < 1.29 is 24.2 Å². The fraction of sp³-hybridized carbons (Fsp3) is 0.0588. The number of aromatic hydroxyl groups is 1. The molecular weight excluding hydrogens is 284 g/mol. The van der Waals surface area contributed by atoms with Gasteiger partial charge in [0, 0.05) is 6.08 Å². The van der Waals surface area contributed by atoms with E-state index in [0.717, 1.165) is 5.56 Å². The van der Waals surface area contributed by atoms with Crippen LogP contribution in [0, 0.1) is 0 Å². The Morgan fingerprint density at radius 2 is 1.64 bits per heavy atom. The van der Waals surface area contributed by atoms with Gasteiger partial charge in [0.25, 0.3) is 0 Å². The maximum atomic E-state index is 11.9. The van der Waals surface area contributed by atoms with Crippen LogP contribution in [0.25, 0.3) is 6.08 Å². The van der Waals surface area contributed by atoms with Crippen molar-refractivity contribution in [2.45, 2.75) is 0 Å². The van der Waals surface area contributed by atoms with Gasteiger partial charge in [-0.2, -0.15) is 0 Å². The van der Waals surface area contributed by atoms with Crippen LogP contribution in [-0.4, -0.2) is 24.2 Å². The SMILES string of the molecule is COC(=O)/C=C/c1ccc(C(=O)Oc2ccc(O)cc2)cc1. The van der Waals surface area contributed by atoms with Gasteiger partial charge in [-0.3, -0.25) is 0 Å². The van der Waals surface area contributed by atoms with Gasteiger partial charge < -0.3 is 14.6 Å². The van der Waals surface area contributed by atoms with E-state index in [1.165, 1.54) is 37.5 Å². The molecule has 0 atom stereocenters. The molecule has 1 N–H and O–H groups in total. The molecule has 0 aromatic heterocycles. The number of carbonyl (C=O) groups is 2. The Morgan fingerprint density at radius 3 is 2.23 bits per heavy atom. The van der Waals surface area contributed by atoms with Crippen LogP contribution in [0.15, 0.2) is 54.6 Å². The van der Waals surface area contributed by atoms with Gasteiger partial charge in [-0.25, -0.2) is 9.59 Å². The van der Waals surface area contributed by atoms with Gasteiger partial charge in [0.2, 0.25) is 0 Å². The largest absolute Gasteiger partial charge is 0.508 e. The second-order valence-electron chi connectivity index (χ2n) is 4.36. The minimum atomic E-state index is -0.505. The molecule has 0 unspecified atom stereocenters.